The van der Waals surface area contributed by atoms with Gasteiger partial charge in [0.15, 0.2) is 0 Å². The maximum Gasteiger partial charge on any atom is 0.0390 e. The fraction of sp³-hybridized carbons (Fsp3) is 0. The van der Waals surface area contributed by atoms with E-state index in [2.05, 4.69) is 108 Å². The molecule has 0 spiro atoms. The molecule has 1 N–H and O–H groups in total. The lowest BCUT2D eigenvalue weighted by molar-refractivity contribution is 1.54. The third-order valence-corrected chi connectivity index (χ3v) is 6.97. The molecule has 0 amide bonds. The van der Waals surface area contributed by atoms with Crippen molar-refractivity contribution in [2.45, 2.75) is 0 Å². The van der Waals surface area contributed by atoms with E-state index in [0.29, 0.717) is 0 Å². The van der Waals surface area contributed by atoms with Gasteiger partial charge in [0.2, 0.25) is 0 Å². The molecule has 6 aromatic rings. The van der Waals surface area contributed by atoms with Crippen molar-refractivity contribution >= 4 is 42.9 Å². The van der Waals surface area contributed by atoms with E-state index in [1.807, 2.05) is 29.5 Å². The first-order valence-corrected chi connectivity index (χ1v) is 11.6. The summed E-state index contributed by atoms with van der Waals surface area (Å²) in [7, 11) is 0. The van der Waals surface area contributed by atoms with Crippen molar-refractivity contribution in [3.63, 3.8) is 0 Å². The van der Waals surface area contributed by atoms with Gasteiger partial charge in [-0.2, -0.15) is 0 Å². The average Bonchev–Trinajstić information content (AvgIpc) is 3.24. The number of nitrogens with one attached hydrogen (secondary N) is 1. The summed E-state index contributed by atoms with van der Waals surface area (Å²) < 4.78 is 2.67. The van der Waals surface area contributed by atoms with Crippen LogP contribution >= 0.6 is 11.3 Å². The zero-order valence-corrected chi connectivity index (χ0v) is 18.3. The van der Waals surface area contributed by atoms with Crippen molar-refractivity contribution in [1.29, 1.82) is 0 Å². The number of anilines is 2. The Morgan fingerprint density at radius 3 is 2.03 bits per heavy atom. The molecule has 0 aliphatic rings. The van der Waals surface area contributed by atoms with Gasteiger partial charge < -0.3 is 5.32 Å². The molecule has 1 aromatic heterocycles. The van der Waals surface area contributed by atoms with E-state index in [1.54, 1.807) is 0 Å². The molecule has 0 radical (unpaired) electrons. The first-order chi connectivity index (χ1) is 15.8. The van der Waals surface area contributed by atoms with E-state index in [1.165, 1.54) is 42.4 Å². The first-order valence-electron chi connectivity index (χ1n) is 10.8. The molecule has 0 unspecified atom stereocenters. The SMILES string of the molecule is c1ccc(Nc2cccc(-c3cccc(-c4cccc5sc6ccccc6c45)c3)c2)cc1. The Bertz CT molecular complexity index is 1550. The number of para-hydroxylation sites is 1. The van der Waals surface area contributed by atoms with Crippen LogP contribution in [0.25, 0.3) is 42.4 Å². The maximum atomic E-state index is 3.50. The molecule has 32 heavy (non-hydrogen) atoms. The first kappa shape index (κ1) is 18.9. The van der Waals surface area contributed by atoms with Gasteiger partial charge in [-0.05, 0) is 64.7 Å². The summed E-state index contributed by atoms with van der Waals surface area (Å²) in [5.41, 5.74) is 7.14. The summed E-state index contributed by atoms with van der Waals surface area (Å²) in [5, 5.41) is 6.19. The number of hydrogen-bond acceptors (Lipinski definition) is 2. The monoisotopic (exact) mass is 427 g/mol. The summed E-state index contributed by atoms with van der Waals surface area (Å²) in [6.07, 6.45) is 0. The lowest BCUT2D eigenvalue weighted by Gasteiger charge is -2.11. The molecular formula is C30H21NS. The van der Waals surface area contributed by atoms with Crippen LogP contribution in [0.2, 0.25) is 0 Å². The van der Waals surface area contributed by atoms with E-state index in [9.17, 15) is 0 Å². The molecule has 0 aliphatic carbocycles. The Hall–Kier alpha value is -3.88. The number of benzene rings is 5. The largest absolute Gasteiger partial charge is 0.356 e. The lowest BCUT2D eigenvalue weighted by Crippen LogP contribution is -1.90. The van der Waals surface area contributed by atoms with Crippen LogP contribution in [-0.2, 0) is 0 Å². The van der Waals surface area contributed by atoms with Crippen molar-refractivity contribution in [2.75, 3.05) is 5.32 Å². The standard InChI is InChI=1S/C30H21NS/c1-2-12-24(13-3-1)31-25-14-7-10-22(20-25)21-9-6-11-23(19-21)26-16-8-18-29-30(26)27-15-4-5-17-28(27)32-29/h1-20,31H. The highest BCUT2D eigenvalue weighted by molar-refractivity contribution is 7.25. The van der Waals surface area contributed by atoms with Gasteiger partial charge in [-0.15, -0.1) is 11.3 Å². The Balaban J connectivity index is 1.43. The van der Waals surface area contributed by atoms with Crippen molar-refractivity contribution in [1.82, 2.24) is 0 Å². The second kappa shape index (κ2) is 7.99. The predicted molar refractivity (Wildman–Crippen MR) is 140 cm³/mol. The van der Waals surface area contributed by atoms with Gasteiger partial charge in [0.25, 0.3) is 0 Å². The Kier molecular flexibility index (Phi) is 4.71. The van der Waals surface area contributed by atoms with Crippen LogP contribution in [0.1, 0.15) is 0 Å². The summed E-state index contributed by atoms with van der Waals surface area (Å²) in [4.78, 5) is 0. The molecule has 0 fully saturated rings. The van der Waals surface area contributed by atoms with E-state index >= 15 is 0 Å². The second-order valence-electron chi connectivity index (χ2n) is 7.93. The van der Waals surface area contributed by atoms with Gasteiger partial charge in [0, 0.05) is 31.5 Å². The number of rotatable bonds is 4. The zero-order valence-electron chi connectivity index (χ0n) is 17.5. The highest BCUT2D eigenvalue weighted by Gasteiger charge is 2.11. The van der Waals surface area contributed by atoms with Crippen LogP contribution in [-0.4, -0.2) is 0 Å². The molecule has 0 aliphatic heterocycles. The van der Waals surface area contributed by atoms with Crippen LogP contribution in [0.4, 0.5) is 11.4 Å². The van der Waals surface area contributed by atoms with Crippen molar-refractivity contribution < 1.29 is 0 Å². The summed E-state index contributed by atoms with van der Waals surface area (Å²) in [6, 6.07) is 43.1. The number of thiophene rings is 1. The smallest absolute Gasteiger partial charge is 0.0390 e. The summed E-state index contributed by atoms with van der Waals surface area (Å²) >= 11 is 1.87. The minimum absolute atomic E-state index is 1.09. The van der Waals surface area contributed by atoms with Gasteiger partial charge >= 0.3 is 0 Å². The molecule has 0 bridgehead atoms. The van der Waals surface area contributed by atoms with Crippen molar-refractivity contribution in [3.05, 3.63) is 121 Å². The Labute approximate surface area is 191 Å². The highest BCUT2D eigenvalue weighted by atomic mass is 32.1. The molecule has 1 nitrogen and oxygen atoms in total. The normalized spacial score (nSPS) is 11.1. The molecule has 1 heterocycles. The van der Waals surface area contributed by atoms with Gasteiger partial charge in [-0.1, -0.05) is 78.9 Å². The maximum absolute atomic E-state index is 3.50. The average molecular weight is 428 g/mol. The topological polar surface area (TPSA) is 12.0 Å². The fourth-order valence-corrected chi connectivity index (χ4v) is 5.48. The molecule has 0 saturated carbocycles. The van der Waals surface area contributed by atoms with Gasteiger partial charge in [-0.3, -0.25) is 0 Å². The molecule has 2 heteroatoms. The molecule has 0 saturated heterocycles. The molecule has 152 valence electrons. The van der Waals surface area contributed by atoms with Crippen LogP contribution in [0.15, 0.2) is 121 Å². The third kappa shape index (κ3) is 3.45. The van der Waals surface area contributed by atoms with Crippen LogP contribution in [0.3, 0.4) is 0 Å². The molecule has 6 rings (SSSR count). The van der Waals surface area contributed by atoms with Gasteiger partial charge in [0.05, 0.1) is 0 Å². The van der Waals surface area contributed by atoms with E-state index in [-0.39, 0.29) is 0 Å². The van der Waals surface area contributed by atoms with Crippen molar-refractivity contribution in [2.24, 2.45) is 0 Å². The van der Waals surface area contributed by atoms with E-state index in [0.717, 1.165) is 11.4 Å². The van der Waals surface area contributed by atoms with E-state index < -0.39 is 0 Å². The highest BCUT2D eigenvalue weighted by Crippen LogP contribution is 2.40. The van der Waals surface area contributed by atoms with Crippen molar-refractivity contribution in [3.8, 4) is 22.3 Å². The number of fused-ring (bicyclic) bond motifs is 3. The van der Waals surface area contributed by atoms with Crippen LogP contribution < -0.4 is 5.32 Å². The Morgan fingerprint density at radius 2 is 1.12 bits per heavy atom. The number of hydrogen-bond donors (Lipinski definition) is 1. The predicted octanol–water partition coefficient (Wildman–Crippen LogP) is 9.13. The van der Waals surface area contributed by atoms with Gasteiger partial charge in [-0.25, -0.2) is 0 Å². The lowest BCUT2D eigenvalue weighted by atomic mass is 9.96. The van der Waals surface area contributed by atoms with Crippen LogP contribution in [0, 0.1) is 0 Å². The summed E-state index contributed by atoms with van der Waals surface area (Å²) in [6.45, 7) is 0. The minimum Gasteiger partial charge on any atom is -0.356 e. The van der Waals surface area contributed by atoms with E-state index in [4.69, 9.17) is 0 Å². The van der Waals surface area contributed by atoms with Gasteiger partial charge in [0.1, 0.15) is 0 Å². The summed E-state index contributed by atoms with van der Waals surface area (Å²) in [5.74, 6) is 0. The fourth-order valence-electron chi connectivity index (χ4n) is 4.35. The zero-order chi connectivity index (χ0) is 21.3. The quantitative estimate of drug-likeness (QED) is 0.296. The third-order valence-electron chi connectivity index (χ3n) is 5.83. The molecule has 5 aromatic carbocycles. The Morgan fingerprint density at radius 1 is 0.469 bits per heavy atom. The molecule has 0 atom stereocenters. The second-order valence-corrected chi connectivity index (χ2v) is 9.01. The van der Waals surface area contributed by atoms with Crippen LogP contribution in [0.5, 0.6) is 0 Å². The minimum atomic E-state index is 1.09. The molecular weight excluding hydrogens is 406 g/mol.